The van der Waals surface area contributed by atoms with Gasteiger partial charge in [0.1, 0.15) is 5.75 Å². The highest BCUT2D eigenvalue weighted by Gasteiger charge is 2.02. The Bertz CT molecular complexity index is 294. The van der Waals surface area contributed by atoms with Crippen LogP contribution in [0.4, 0.5) is 0 Å². The summed E-state index contributed by atoms with van der Waals surface area (Å²) in [5, 5.41) is 0.247. The van der Waals surface area contributed by atoms with Crippen LogP contribution in [-0.4, -0.2) is 12.5 Å². The van der Waals surface area contributed by atoms with E-state index in [1.165, 1.54) is 11.1 Å². The molecule has 1 aromatic carbocycles. The van der Waals surface area contributed by atoms with Crippen molar-refractivity contribution in [1.29, 1.82) is 0 Å². The van der Waals surface area contributed by atoms with Gasteiger partial charge in [-0.3, -0.25) is 0 Å². The second-order valence-electron chi connectivity index (χ2n) is 3.61. The Morgan fingerprint density at radius 1 is 1.43 bits per heavy atom. The largest absolute Gasteiger partial charge is 0.497 e. The Morgan fingerprint density at radius 2 is 2.14 bits per heavy atom. The molecular weight excluding hydrogens is 196 g/mol. The topological polar surface area (TPSA) is 9.23 Å². The molecule has 0 radical (unpaired) electrons. The van der Waals surface area contributed by atoms with Gasteiger partial charge in [-0.1, -0.05) is 6.07 Å². The van der Waals surface area contributed by atoms with Crippen molar-refractivity contribution in [2.45, 2.75) is 32.1 Å². The predicted octanol–water partition coefficient (Wildman–Crippen LogP) is 3.56. The SMILES string of the molecule is COc1ccc(CCC(C)Cl)c(C)c1. The van der Waals surface area contributed by atoms with Crippen molar-refractivity contribution in [3.05, 3.63) is 29.3 Å². The molecule has 0 saturated carbocycles. The molecule has 1 unspecified atom stereocenters. The van der Waals surface area contributed by atoms with E-state index in [1.807, 2.05) is 13.0 Å². The maximum Gasteiger partial charge on any atom is 0.119 e. The van der Waals surface area contributed by atoms with Gasteiger partial charge in [-0.25, -0.2) is 0 Å². The minimum absolute atomic E-state index is 0.247. The first-order valence-corrected chi connectivity index (χ1v) is 5.34. The van der Waals surface area contributed by atoms with Gasteiger partial charge in [0.2, 0.25) is 0 Å². The van der Waals surface area contributed by atoms with Crippen LogP contribution in [0.1, 0.15) is 24.5 Å². The van der Waals surface area contributed by atoms with Crippen LogP contribution in [0.25, 0.3) is 0 Å². The van der Waals surface area contributed by atoms with E-state index in [9.17, 15) is 0 Å². The van der Waals surface area contributed by atoms with E-state index in [-0.39, 0.29) is 5.38 Å². The first-order valence-electron chi connectivity index (χ1n) is 4.91. The number of benzene rings is 1. The first-order chi connectivity index (χ1) is 6.63. The Hall–Kier alpha value is -0.690. The quantitative estimate of drug-likeness (QED) is 0.694. The van der Waals surface area contributed by atoms with Gasteiger partial charge in [-0.15, -0.1) is 11.6 Å². The molecule has 0 aliphatic heterocycles. The minimum atomic E-state index is 0.247. The zero-order chi connectivity index (χ0) is 10.6. The lowest BCUT2D eigenvalue weighted by molar-refractivity contribution is 0.414. The zero-order valence-electron chi connectivity index (χ0n) is 9.01. The van der Waals surface area contributed by atoms with Crippen LogP contribution >= 0.6 is 11.6 Å². The maximum atomic E-state index is 5.91. The van der Waals surface area contributed by atoms with Crippen LogP contribution in [0.2, 0.25) is 0 Å². The average molecular weight is 213 g/mol. The summed E-state index contributed by atoms with van der Waals surface area (Å²) in [6.45, 7) is 4.14. The zero-order valence-corrected chi connectivity index (χ0v) is 9.77. The summed E-state index contributed by atoms with van der Waals surface area (Å²) in [4.78, 5) is 0. The van der Waals surface area contributed by atoms with Gasteiger partial charge in [0, 0.05) is 5.38 Å². The highest BCUT2D eigenvalue weighted by atomic mass is 35.5. The van der Waals surface area contributed by atoms with Gasteiger partial charge in [0.15, 0.2) is 0 Å². The molecule has 0 heterocycles. The Morgan fingerprint density at radius 3 is 2.64 bits per heavy atom. The third kappa shape index (κ3) is 3.22. The van der Waals surface area contributed by atoms with Crippen LogP contribution in [0, 0.1) is 6.92 Å². The van der Waals surface area contributed by atoms with Crippen molar-refractivity contribution >= 4 is 11.6 Å². The van der Waals surface area contributed by atoms with E-state index in [0.717, 1.165) is 18.6 Å². The van der Waals surface area contributed by atoms with Crippen molar-refractivity contribution in [3.8, 4) is 5.75 Å². The molecule has 2 heteroatoms. The summed E-state index contributed by atoms with van der Waals surface area (Å²) >= 11 is 5.91. The molecule has 0 spiro atoms. The van der Waals surface area contributed by atoms with Crippen LogP contribution in [0.15, 0.2) is 18.2 Å². The molecular formula is C12H17ClO. The molecule has 0 aliphatic rings. The van der Waals surface area contributed by atoms with Crippen molar-refractivity contribution in [2.24, 2.45) is 0 Å². The van der Waals surface area contributed by atoms with Gasteiger partial charge in [-0.05, 0) is 49.9 Å². The number of ether oxygens (including phenoxy) is 1. The van der Waals surface area contributed by atoms with Crippen molar-refractivity contribution in [2.75, 3.05) is 7.11 Å². The van der Waals surface area contributed by atoms with Gasteiger partial charge in [0.05, 0.1) is 7.11 Å². The molecule has 0 N–H and O–H groups in total. The summed E-state index contributed by atoms with van der Waals surface area (Å²) in [5.74, 6) is 0.921. The molecule has 1 rings (SSSR count). The summed E-state index contributed by atoms with van der Waals surface area (Å²) in [7, 11) is 1.69. The summed E-state index contributed by atoms with van der Waals surface area (Å²) < 4.78 is 5.15. The fraction of sp³-hybridized carbons (Fsp3) is 0.500. The van der Waals surface area contributed by atoms with E-state index >= 15 is 0 Å². The normalized spacial score (nSPS) is 12.6. The van der Waals surface area contributed by atoms with E-state index < -0.39 is 0 Å². The van der Waals surface area contributed by atoms with E-state index in [4.69, 9.17) is 16.3 Å². The second-order valence-corrected chi connectivity index (χ2v) is 4.36. The number of hydrogen-bond acceptors (Lipinski definition) is 1. The van der Waals surface area contributed by atoms with Crippen molar-refractivity contribution in [3.63, 3.8) is 0 Å². The number of aryl methyl sites for hydroxylation is 2. The monoisotopic (exact) mass is 212 g/mol. The van der Waals surface area contributed by atoms with Crippen LogP contribution in [0.5, 0.6) is 5.75 Å². The number of alkyl halides is 1. The number of methoxy groups -OCH3 is 1. The second kappa shape index (κ2) is 5.26. The molecule has 0 fully saturated rings. The molecule has 1 atom stereocenters. The van der Waals surface area contributed by atoms with Gasteiger partial charge >= 0.3 is 0 Å². The summed E-state index contributed by atoms with van der Waals surface area (Å²) in [6.07, 6.45) is 2.06. The highest BCUT2D eigenvalue weighted by Crippen LogP contribution is 2.19. The average Bonchev–Trinajstić information content (AvgIpc) is 2.15. The third-order valence-electron chi connectivity index (χ3n) is 2.36. The van der Waals surface area contributed by atoms with E-state index in [1.54, 1.807) is 7.11 Å². The first kappa shape index (κ1) is 11.4. The molecule has 0 bridgehead atoms. The Labute approximate surface area is 91.0 Å². The van der Waals surface area contributed by atoms with Crippen LogP contribution in [0.3, 0.4) is 0 Å². The van der Waals surface area contributed by atoms with E-state index in [2.05, 4.69) is 19.1 Å². The molecule has 0 aliphatic carbocycles. The molecule has 14 heavy (non-hydrogen) atoms. The van der Waals surface area contributed by atoms with Gasteiger partial charge in [-0.2, -0.15) is 0 Å². The molecule has 0 aromatic heterocycles. The van der Waals surface area contributed by atoms with Crippen LogP contribution in [-0.2, 0) is 6.42 Å². The lowest BCUT2D eigenvalue weighted by Crippen LogP contribution is -1.97. The summed E-state index contributed by atoms with van der Waals surface area (Å²) in [6, 6.07) is 6.18. The number of hydrogen-bond donors (Lipinski definition) is 0. The fourth-order valence-corrected chi connectivity index (χ4v) is 1.54. The predicted molar refractivity (Wildman–Crippen MR) is 61.4 cm³/mol. The fourth-order valence-electron chi connectivity index (χ4n) is 1.43. The van der Waals surface area contributed by atoms with E-state index in [0.29, 0.717) is 0 Å². The molecule has 0 saturated heterocycles. The van der Waals surface area contributed by atoms with Crippen molar-refractivity contribution in [1.82, 2.24) is 0 Å². The lowest BCUT2D eigenvalue weighted by Gasteiger charge is -2.08. The third-order valence-corrected chi connectivity index (χ3v) is 2.58. The molecule has 0 amide bonds. The smallest absolute Gasteiger partial charge is 0.119 e. The highest BCUT2D eigenvalue weighted by molar-refractivity contribution is 6.20. The lowest BCUT2D eigenvalue weighted by atomic mass is 10.0. The number of rotatable bonds is 4. The Kier molecular flexibility index (Phi) is 4.27. The van der Waals surface area contributed by atoms with Crippen molar-refractivity contribution < 1.29 is 4.74 Å². The standard InChI is InChI=1S/C12H17ClO/c1-9-8-12(14-3)7-6-11(9)5-4-10(2)13/h6-8,10H,4-5H2,1-3H3. The van der Waals surface area contributed by atoms with Gasteiger partial charge in [0.25, 0.3) is 0 Å². The maximum absolute atomic E-state index is 5.91. The van der Waals surface area contributed by atoms with Gasteiger partial charge < -0.3 is 4.74 Å². The molecule has 78 valence electrons. The molecule has 1 nitrogen and oxygen atoms in total. The molecule has 1 aromatic rings. The minimum Gasteiger partial charge on any atom is -0.497 e. The summed E-state index contributed by atoms with van der Waals surface area (Å²) in [5.41, 5.74) is 2.64. The van der Waals surface area contributed by atoms with Crippen LogP contribution < -0.4 is 4.74 Å². The number of halogens is 1. The Balaban J connectivity index is 2.69.